The molecule has 2 aromatic carbocycles. The molecule has 0 N–H and O–H groups in total. The maximum Gasteiger partial charge on any atom is 0.573 e. The maximum absolute atomic E-state index is 14.0. The van der Waals surface area contributed by atoms with E-state index in [1.54, 1.807) is 0 Å². The number of benzene rings is 2. The average molecular weight is 431 g/mol. The minimum Gasteiger partial charge on any atom is -0.474 e. The number of nitrogens with zero attached hydrogens (tertiary/aromatic N) is 3. The zero-order chi connectivity index (χ0) is 22.3. The van der Waals surface area contributed by atoms with Crippen molar-refractivity contribution >= 4 is 0 Å². The molecule has 0 fully saturated rings. The second-order valence-electron chi connectivity index (χ2n) is 6.76. The van der Waals surface area contributed by atoms with Crippen LogP contribution in [-0.4, -0.2) is 21.1 Å². The molecule has 3 aromatic rings. The van der Waals surface area contributed by atoms with Gasteiger partial charge in [-0.1, -0.05) is 12.1 Å². The van der Waals surface area contributed by atoms with Crippen molar-refractivity contribution in [2.24, 2.45) is 7.05 Å². The highest BCUT2D eigenvalue weighted by atomic mass is 19.4. The van der Waals surface area contributed by atoms with Crippen LogP contribution in [0, 0.1) is 17.5 Å². The van der Waals surface area contributed by atoms with Crippen LogP contribution in [0.1, 0.15) is 19.7 Å². The fourth-order valence-corrected chi connectivity index (χ4v) is 2.88. The topological polar surface area (TPSA) is 49.2 Å². The molecule has 0 aliphatic rings. The summed E-state index contributed by atoms with van der Waals surface area (Å²) in [4.78, 5) is 0. The maximum atomic E-state index is 14.0. The zero-order valence-electron chi connectivity index (χ0n) is 15.9. The van der Waals surface area contributed by atoms with Crippen LogP contribution in [0.3, 0.4) is 0 Å². The van der Waals surface area contributed by atoms with E-state index < -0.39 is 40.9 Å². The van der Waals surface area contributed by atoms with Gasteiger partial charge in [0.15, 0.2) is 34.6 Å². The van der Waals surface area contributed by atoms with E-state index in [0.717, 1.165) is 6.07 Å². The van der Waals surface area contributed by atoms with E-state index in [-0.39, 0.29) is 17.2 Å². The number of rotatable bonds is 5. The number of halogens is 6. The van der Waals surface area contributed by atoms with Gasteiger partial charge in [-0.05, 0) is 26.0 Å². The van der Waals surface area contributed by atoms with Crippen molar-refractivity contribution in [1.82, 2.24) is 14.8 Å². The molecule has 3 rings (SSSR count). The van der Waals surface area contributed by atoms with Crippen molar-refractivity contribution in [3.05, 3.63) is 59.7 Å². The monoisotopic (exact) mass is 431 g/mol. The van der Waals surface area contributed by atoms with Crippen LogP contribution in [0.25, 0.3) is 11.4 Å². The average Bonchev–Trinajstić information content (AvgIpc) is 2.99. The standard InChI is InChI=1S/C19H15F6N3O2/c1-18(2,30-15-12(21)8-10(20)9-13(15)22)17-27-26-16(28(17)3)11-6-4-5-7-14(11)29-19(23,24)25/h4-9H,1-3H3. The lowest BCUT2D eigenvalue weighted by Crippen LogP contribution is -2.30. The summed E-state index contributed by atoms with van der Waals surface area (Å²) < 4.78 is 89.9. The number of para-hydroxylation sites is 1. The van der Waals surface area contributed by atoms with Crippen LogP contribution in [0.4, 0.5) is 26.3 Å². The van der Waals surface area contributed by atoms with Crippen LogP contribution in [0.5, 0.6) is 11.5 Å². The van der Waals surface area contributed by atoms with E-state index in [1.807, 2.05) is 0 Å². The number of hydrogen-bond acceptors (Lipinski definition) is 4. The van der Waals surface area contributed by atoms with Crippen LogP contribution in [0.2, 0.25) is 0 Å². The van der Waals surface area contributed by atoms with E-state index in [9.17, 15) is 26.3 Å². The Labute approximate surface area is 166 Å². The third-order valence-corrected chi connectivity index (χ3v) is 4.09. The number of ether oxygens (including phenoxy) is 2. The number of alkyl halides is 3. The van der Waals surface area contributed by atoms with Gasteiger partial charge in [0.05, 0.1) is 5.56 Å². The highest BCUT2D eigenvalue weighted by molar-refractivity contribution is 5.64. The van der Waals surface area contributed by atoms with Crippen LogP contribution >= 0.6 is 0 Å². The first kappa shape index (κ1) is 21.5. The third-order valence-electron chi connectivity index (χ3n) is 4.09. The van der Waals surface area contributed by atoms with Gasteiger partial charge in [0.1, 0.15) is 11.6 Å². The van der Waals surface area contributed by atoms with Gasteiger partial charge < -0.3 is 14.0 Å². The number of aromatic nitrogens is 3. The highest BCUT2D eigenvalue weighted by Gasteiger charge is 2.35. The summed E-state index contributed by atoms with van der Waals surface area (Å²) in [6.07, 6.45) is -4.92. The highest BCUT2D eigenvalue weighted by Crippen LogP contribution is 2.36. The summed E-state index contributed by atoms with van der Waals surface area (Å²) in [5.74, 6) is -4.91. The molecule has 11 heteroatoms. The normalized spacial score (nSPS) is 12.2. The fourth-order valence-electron chi connectivity index (χ4n) is 2.88. The molecule has 0 spiro atoms. The molecule has 0 unspecified atom stereocenters. The van der Waals surface area contributed by atoms with Crippen molar-refractivity contribution in [2.75, 3.05) is 0 Å². The molecule has 160 valence electrons. The summed E-state index contributed by atoms with van der Waals surface area (Å²) in [6.45, 7) is 2.84. The predicted molar refractivity (Wildman–Crippen MR) is 93.1 cm³/mol. The Balaban J connectivity index is 2.00. The SMILES string of the molecule is Cn1c(-c2ccccc2OC(F)(F)F)nnc1C(C)(C)Oc1c(F)cc(F)cc1F. The molecule has 5 nitrogen and oxygen atoms in total. The second kappa shape index (κ2) is 7.54. The van der Waals surface area contributed by atoms with Gasteiger partial charge in [-0.25, -0.2) is 13.2 Å². The molecule has 0 bridgehead atoms. The van der Waals surface area contributed by atoms with Gasteiger partial charge in [0.25, 0.3) is 0 Å². The van der Waals surface area contributed by atoms with Crippen LogP contribution in [-0.2, 0) is 12.6 Å². The zero-order valence-corrected chi connectivity index (χ0v) is 15.9. The first-order valence-electron chi connectivity index (χ1n) is 8.47. The van der Waals surface area contributed by atoms with E-state index in [2.05, 4.69) is 14.9 Å². The van der Waals surface area contributed by atoms with Crippen molar-refractivity contribution in [2.45, 2.75) is 25.8 Å². The van der Waals surface area contributed by atoms with Gasteiger partial charge in [0.2, 0.25) is 0 Å². The summed E-state index contributed by atoms with van der Waals surface area (Å²) in [5, 5.41) is 7.79. The first-order valence-corrected chi connectivity index (χ1v) is 8.47. The summed E-state index contributed by atoms with van der Waals surface area (Å²) >= 11 is 0. The smallest absolute Gasteiger partial charge is 0.474 e. The lowest BCUT2D eigenvalue weighted by Gasteiger charge is -2.26. The lowest BCUT2D eigenvalue weighted by molar-refractivity contribution is -0.274. The number of hydrogen-bond donors (Lipinski definition) is 0. The van der Waals surface area contributed by atoms with Crippen molar-refractivity contribution in [3.8, 4) is 22.9 Å². The molecule has 0 radical (unpaired) electrons. The molecule has 0 aliphatic heterocycles. The summed E-state index contributed by atoms with van der Waals surface area (Å²) in [5.41, 5.74) is -1.50. The largest absolute Gasteiger partial charge is 0.573 e. The van der Waals surface area contributed by atoms with E-state index in [0.29, 0.717) is 12.1 Å². The second-order valence-corrected chi connectivity index (χ2v) is 6.76. The van der Waals surface area contributed by atoms with Crippen molar-refractivity contribution in [1.29, 1.82) is 0 Å². The van der Waals surface area contributed by atoms with Gasteiger partial charge in [-0.2, -0.15) is 0 Å². The molecule has 1 aromatic heterocycles. The molecule has 0 aliphatic carbocycles. The molecular weight excluding hydrogens is 416 g/mol. The van der Waals surface area contributed by atoms with E-state index in [4.69, 9.17) is 4.74 Å². The molecule has 30 heavy (non-hydrogen) atoms. The molecule has 0 saturated carbocycles. The minimum atomic E-state index is -4.92. The van der Waals surface area contributed by atoms with Gasteiger partial charge >= 0.3 is 6.36 Å². The Kier molecular flexibility index (Phi) is 5.40. The quantitative estimate of drug-likeness (QED) is 0.527. The first-order chi connectivity index (χ1) is 13.9. The molecule has 1 heterocycles. The minimum absolute atomic E-state index is 0.00146. The Morgan fingerprint density at radius 1 is 0.900 bits per heavy atom. The lowest BCUT2D eigenvalue weighted by atomic mass is 10.1. The Hall–Kier alpha value is -3.24. The van der Waals surface area contributed by atoms with E-state index in [1.165, 1.54) is 43.7 Å². The molecular formula is C19H15F6N3O2. The Bertz CT molecular complexity index is 1060. The molecule has 0 amide bonds. The van der Waals surface area contributed by atoms with Gasteiger partial charge in [-0.15, -0.1) is 23.4 Å². The Morgan fingerprint density at radius 3 is 2.10 bits per heavy atom. The van der Waals surface area contributed by atoms with Crippen molar-refractivity contribution < 1.29 is 35.8 Å². The van der Waals surface area contributed by atoms with E-state index >= 15 is 0 Å². The van der Waals surface area contributed by atoms with Crippen LogP contribution < -0.4 is 9.47 Å². The molecule has 0 atom stereocenters. The Morgan fingerprint density at radius 2 is 1.50 bits per heavy atom. The molecule has 0 saturated heterocycles. The van der Waals surface area contributed by atoms with Gasteiger partial charge in [0, 0.05) is 19.2 Å². The fraction of sp³-hybridized carbons (Fsp3) is 0.263. The third kappa shape index (κ3) is 4.34. The predicted octanol–water partition coefficient (Wildman–Crippen LogP) is 5.11. The van der Waals surface area contributed by atoms with Crippen molar-refractivity contribution in [3.63, 3.8) is 0 Å². The summed E-state index contributed by atoms with van der Waals surface area (Å²) in [7, 11) is 1.44. The summed E-state index contributed by atoms with van der Waals surface area (Å²) in [6, 6.07) is 6.22. The van der Waals surface area contributed by atoms with Gasteiger partial charge in [-0.3, -0.25) is 0 Å². The van der Waals surface area contributed by atoms with Crippen LogP contribution in [0.15, 0.2) is 36.4 Å².